The number of aromatic hydroxyl groups is 1. The molecule has 0 spiro atoms. The van der Waals surface area contributed by atoms with Crippen molar-refractivity contribution in [1.29, 1.82) is 0 Å². The summed E-state index contributed by atoms with van der Waals surface area (Å²) in [5, 5.41) is 17.7. The van der Waals surface area contributed by atoms with Crippen molar-refractivity contribution in [3.8, 4) is 5.75 Å². The van der Waals surface area contributed by atoms with E-state index in [2.05, 4.69) is 0 Å². The Morgan fingerprint density at radius 3 is 2.50 bits per heavy atom. The molecule has 0 saturated heterocycles. The van der Waals surface area contributed by atoms with Crippen LogP contribution >= 0.6 is 0 Å². The van der Waals surface area contributed by atoms with E-state index in [9.17, 15) is 4.79 Å². The number of phenols is 1. The van der Waals surface area contributed by atoms with E-state index in [0.29, 0.717) is 3.57 Å². The molecule has 0 amide bonds. The minimum atomic E-state index is -1.30. The van der Waals surface area contributed by atoms with Crippen molar-refractivity contribution in [2.75, 3.05) is 0 Å². The summed E-state index contributed by atoms with van der Waals surface area (Å²) in [5.41, 5.74) is -0.187. The Morgan fingerprint density at radius 1 is 1.42 bits per heavy atom. The molecule has 1 aromatic carbocycles. The predicted octanol–water partition coefficient (Wildman–Crippen LogP) is -2.74. The predicted molar refractivity (Wildman–Crippen MR) is 36.0 cm³/mol. The Hall–Kier alpha value is -0.820. The fourth-order valence-corrected chi connectivity index (χ4v) is 1.91. The Labute approximate surface area is 79.3 Å². The molecular formula is C7H6IO4-. The van der Waals surface area contributed by atoms with Crippen LogP contribution in [0, 0.1) is 3.57 Å². The first-order chi connectivity index (χ1) is 5.66. The summed E-state index contributed by atoms with van der Waals surface area (Å²) in [6, 6.07) is 4.29. The number of hydrogen-bond donors (Lipinski definition) is 3. The summed E-state index contributed by atoms with van der Waals surface area (Å²) >= 11 is -1.30. The second-order valence-corrected chi connectivity index (χ2v) is 3.67. The van der Waals surface area contributed by atoms with E-state index in [4.69, 9.17) is 13.6 Å². The number of halogens is 1. The van der Waals surface area contributed by atoms with Crippen LogP contribution in [0.25, 0.3) is 0 Å². The molecule has 1 aromatic rings. The molecule has 0 aliphatic rings. The van der Waals surface area contributed by atoms with Gasteiger partial charge in [-0.1, -0.05) is 0 Å². The Kier molecular flexibility index (Phi) is 2.88. The van der Waals surface area contributed by atoms with Gasteiger partial charge in [-0.15, -0.1) is 0 Å². The summed E-state index contributed by atoms with van der Waals surface area (Å²) in [6.45, 7) is 0. The third-order valence-electron chi connectivity index (χ3n) is 1.30. The number of carboxylic acids is 1. The maximum atomic E-state index is 10.5. The molecule has 0 fully saturated rings. The van der Waals surface area contributed by atoms with Gasteiger partial charge in [0, 0.05) is 0 Å². The molecule has 0 bridgehead atoms. The first-order valence-corrected chi connectivity index (χ1v) is 5.05. The standard InChI is InChI=1S/C7H6IO4/c9-5-3-1-2-4(8-12)6(5)7(10)11/h1-3,9,12H,(H,10,11)/q-1. The van der Waals surface area contributed by atoms with Gasteiger partial charge >= 0.3 is 79.1 Å². The Bertz CT molecular complexity index is 310. The third kappa shape index (κ3) is 1.67. The number of benzene rings is 1. The zero-order valence-electron chi connectivity index (χ0n) is 5.86. The molecule has 66 valence electrons. The van der Waals surface area contributed by atoms with E-state index >= 15 is 0 Å². The van der Waals surface area contributed by atoms with Gasteiger partial charge in [-0.05, 0) is 0 Å². The number of aromatic carboxylic acids is 1. The SMILES string of the molecule is O=C(O)c1c(O)cccc1[I-]O. The topological polar surface area (TPSA) is 77.8 Å². The summed E-state index contributed by atoms with van der Waals surface area (Å²) in [6.07, 6.45) is 0. The van der Waals surface area contributed by atoms with Crippen molar-refractivity contribution >= 4 is 5.97 Å². The van der Waals surface area contributed by atoms with E-state index < -0.39 is 27.6 Å². The maximum absolute atomic E-state index is 10.5. The van der Waals surface area contributed by atoms with Gasteiger partial charge in [0.2, 0.25) is 0 Å². The molecule has 1 rings (SSSR count). The number of carbonyl (C=O) groups is 1. The van der Waals surface area contributed by atoms with Crippen molar-refractivity contribution in [2.24, 2.45) is 0 Å². The van der Waals surface area contributed by atoms with E-state index in [1.54, 1.807) is 0 Å². The molecule has 12 heavy (non-hydrogen) atoms. The van der Waals surface area contributed by atoms with Crippen molar-refractivity contribution in [1.82, 2.24) is 0 Å². The van der Waals surface area contributed by atoms with Gasteiger partial charge in [-0.2, -0.15) is 0 Å². The molecule has 0 aliphatic carbocycles. The molecule has 0 radical (unpaired) electrons. The number of rotatable bonds is 2. The molecule has 0 atom stereocenters. The van der Waals surface area contributed by atoms with E-state index in [0.717, 1.165) is 0 Å². The second-order valence-electron chi connectivity index (χ2n) is 2.02. The number of carboxylic acid groups (broad SMARTS) is 1. The van der Waals surface area contributed by atoms with Crippen LogP contribution in [0.4, 0.5) is 0 Å². The molecule has 4 nitrogen and oxygen atoms in total. The normalized spacial score (nSPS) is 10.1. The van der Waals surface area contributed by atoms with Crippen LogP contribution in [-0.4, -0.2) is 19.6 Å². The van der Waals surface area contributed by atoms with Crippen LogP contribution in [0.5, 0.6) is 5.75 Å². The van der Waals surface area contributed by atoms with Crippen LogP contribution in [0.1, 0.15) is 10.4 Å². The van der Waals surface area contributed by atoms with E-state index in [-0.39, 0.29) is 11.3 Å². The zero-order valence-corrected chi connectivity index (χ0v) is 8.02. The van der Waals surface area contributed by atoms with Gasteiger partial charge in [-0.3, -0.25) is 0 Å². The van der Waals surface area contributed by atoms with Gasteiger partial charge in [0.15, 0.2) is 0 Å². The van der Waals surface area contributed by atoms with E-state index in [1.165, 1.54) is 18.2 Å². The van der Waals surface area contributed by atoms with Crippen LogP contribution in [-0.2, 0) is 0 Å². The fourth-order valence-electron chi connectivity index (χ4n) is 0.795. The fraction of sp³-hybridized carbons (Fsp3) is 0. The molecular weight excluding hydrogens is 275 g/mol. The summed E-state index contributed by atoms with van der Waals surface area (Å²) in [5.74, 6) is -1.51. The average Bonchev–Trinajstić information content (AvgIpc) is 2.03. The van der Waals surface area contributed by atoms with Gasteiger partial charge < -0.3 is 0 Å². The first-order valence-electron chi connectivity index (χ1n) is 3.00. The first kappa shape index (κ1) is 9.27. The second kappa shape index (κ2) is 3.72. The van der Waals surface area contributed by atoms with Crippen LogP contribution < -0.4 is 21.6 Å². The van der Waals surface area contributed by atoms with Crippen molar-refractivity contribution in [2.45, 2.75) is 0 Å². The van der Waals surface area contributed by atoms with Gasteiger partial charge in [0.1, 0.15) is 0 Å². The molecule has 3 N–H and O–H groups in total. The third-order valence-corrected chi connectivity index (χ3v) is 2.72. The molecule has 0 aromatic heterocycles. The molecule has 0 heterocycles. The Morgan fingerprint density at radius 2 is 2.08 bits per heavy atom. The monoisotopic (exact) mass is 281 g/mol. The Balaban J connectivity index is 3.29. The van der Waals surface area contributed by atoms with E-state index in [1.807, 2.05) is 0 Å². The quantitative estimate of drug-likeness (QED) is 0.514. The average molecular weight is 281 g/mol. The summed E-state index contributed by atoms with van der Waals surface area (Å²) < 4.78 is 9.15. The molecule has 0 aliphatic heterocycles. The zero-order chi connectivity index (χ0) is 9.14. The minimum absolute atomic E-state index is 0.187. The van der Waals surface area contributed by atoms with Crippen LogP contribution in [0.2, 0.25) is 0 Å². The van der Waals surface area contributed by atoms with Gasteiger partial charge in [-0.25, -0.2) is 0 Å². The molecule has 0 saturated carbocycles. The van der Waals surface area contributed by atoms with Gasteiger partial charge in [0.25, 0.3) is 0 Å². The molecule has 5 heteroatoms. The van der Waals surface area contributed by atoms with Crippen molar-refractivity contribution in [3.63, 3.8) is 0 Å². The van der Waals surface area contributed by atoms with Crippen molar-refractivity contribution < 1.29 is 40.1 Å². The number of hydrogen-bond acceptors (Lipinski definition) is 3. The van der Waals surface area contributed by atoms with Crippen LogP contribution in [0.3, 0.4) is 0 Å². The summed E-state index contributed by atoms with van der Waals surface area (Å²) in [7, 11) is 0. The van der Waals surface area contributed by atoms with Crippen LogP contribution in [0.15, 0.2) is 18.2 Å². The summed E-state index contributed by atoms with van der Waals surface area (Å²) in [4.78, 5) is 10.5. The van der Waals surface area contributed by atoms with Gasteiger partial charge in [0.05, 0.1) is 0 Å². The molecule has 0 unspecified atom stereocenters. The van der Waals surface area contributed by atoms with Crippen molar-refractivity contribution in [3.05, 3.63) is 27.3 Å².